The van der Waals surface area contributed by atoms with Crippen LogP contribution < -0.4 is 16.0 Å². The molecule has 0 radical (unpaired) electrons. The molecule has 2 amide bonds. The Balaban J connectivity index is 1.80. The summed E-state index contributed by atoms with van der Waals surface area (Å²) in [5, 5.41) is 8.68. The van der Waals surface area contributed by atoms with Crippen molar-refractivity contribution in [3.05, 3.63) is 102 Å². The fraction of sp³-hybridized carbons (Fsp3) is 0.125. The maximum absolute atomic E-state index is 12.9. The lowest BCUT2D eigenvalue weighted by atomic mass is 10.1. The molecule has 0 saturated heterocycles. The predicted octanol–water partition coefficient (Wildman–Crippen LogP) is 3.95. The highest BCUT2D eigenvalue weighted by atomic mass is 16.2. The van der Waals surface area contributed by atoms with Crippen molar-refractivity contribution in [2.24, 2.45) is 0 Å². The number of carbonyl (C=O) groups excluding carboxylic acids is 2. The molecule has 3 aromatic rings. The van der Waals surface area contributed by atoms with Gasteiger partial charge in [0.2, 0.25) is 0 Å². The Bertz CT molecular complexity index is 1000. The monoisotopic (exact) mass is 400 g/mol. The number of anilines is 2. The molecule has 1 aromatic heterocycles. The fourth-order valence-corrected chi connectivity index (χ4v) is 2.81. The summed E-state index contributed by atoms with van der Waals surface area (Å²) in [6, 6.07) is 18.6. The molecular weight excluding hydrogens is 376 g/mol. The van der Waals surface area contributed by atoms with Gasteiger partial charge in [-0.3, -0.25) is 14.6 Å². The van der Waals surface area contributed by atoms with Crippen molar-refractivity contribution in [3.8, 4) is 0 Å². The Morgan fingerprint density at radius 3 is 1.90 bits per heavy atom. The molecule has 0 atom stereocenters. The molecule has 2 aromatic carbocycles. The Morgan fingerprint density at radius 2 is 1.40 bits per heavy atom. The standard InChI is InChI=1S/C24H24N4O2/c1-17-8-3-5-11-21(17)27-23(29)20(16-26-15-19-10-7-13-25-14-19)24(30)28-22-12-6-4-9-18(22)2/h3-14,16,26H,15H2,1-2H3,(H,27,29)(H,28,30). The van der Waals surface area contributed by atoms with Crippen LogP contribution in [0.3, 0.4) is 0 Å². The van der Waals surface area contributed by atoms with Crippen LogP contribution in [-0.4, -0.2) is 16.8 Å². The molecule has 0 aliphatic carbocycles. The number of aryl methyl sites for hydroxylation is 2. The van der Waals surface area contributed by atoms with E-state index in [1.165, 1.54) is 6.20 Å². The van der Waals surface area contributed by atoms with E-state index in [0.29, 0.717) is 17.9 Å². The number of benzene rings is 2. The lowest BCUT2D eigenvalue weighted by molar-refractivity contribution is -0.118. The highest BCUT2D eigenvalue weighted by Crippen LogP contribution is 2.17. The number of hydrogen-bond acceptors (Lipinski definition) is 4. The Morgan fingerprint density at radius 1 is 0.833 bits per heavy atom. The third kappa shape index (κ3) is 5.54. The van der Waals surface area contributed by atoms with Crippen LogP contribution >= 0.6 is 0 Å². The van der Waals surface area contributed by atoms with Gasteiger partial charge in [0.25, 0.3) is 11.8 Å². The largest absolute Gasteiger partial charge is 0.386 e. The number of hydrogen-bond donors (Lipinski definition) is 3. The first-order valence-corrected chi connectivity index (χ1v) is 9.61. The third-order valence-corrected chi connectivity index (χ3v) is 4.55. The number of nitrogens with one attached hydrogen (secondary N) is 3. The average molecular weight is 400 g/mol. The topological polar surface area (TPSA) is 83.1 Å². The second kappa shape index (κ2) is 10.0. The second-order valence-corrected chi connectivity index (χ2v) is 6.84. The van der Waals surface area contributed by atoms with Crippen LogP contribution in [0.5, 0.6) is 0 Å². The summed E-state index contributed by atoms with van der Waals surface area (Å²) in [5.74, 6) is -0.983. The fourth-order valence-electron chi connectivity index (χ4n) is 2.81. The molecule has 3 N–H and O–H groups in total. The van der Waals surface area contributed by atoms with E-state index in [0.717, 1.165) is 16.7 Å². The van der Waals surface area contributed by atoms with Crippen molar-refractivity contribution in [3.63, 3.8) is 0 Å². The number of amides is 2. The summed E-state index contributed by atoms with van der Waals surface area (Å²) in [7, 11) is 0. The van der Waals surface area contributed by atoms with Crippen molar-refractivity contribution >= 4 is 23.2 Å². The van der Waals surface area contributed by atoms with Crippen molar-refractivity contribution in [1.29, 1.82) is 0 Å². The summed E-state index contributed by atoms with van der Waals surface area (Å²) in [5.41, 5.74) is 4.05. The van der Waals surface area contributed by atoms with Gasteiger partial charge in [0.05, 0.1) is 0 Å². The van der Waals surface area contributed by atoms with Gasteiger partial charge in [0, 0.05) is 36.5 Å². The second-order valence-electron chi connectivity index (χ2n) is 6.84. The molecule has 0 unspecified atom stereocenters. The molecule has 3 rings (SSSR count). The molecule has 30 heavy (non-hydrogen) atoms. The minimum Gasteiger partial charge on any atom is -0.386 e. The maximum Gasteiger partial charge on any atom is 0.262 e. The van der Waals surface area contributed by atoms with Crippen LogP contribution in [0.1, 0.15) is 16.7 Å². The molecule has 0 fully saturated rings. The molecule has 152 valence electrons. The van der Waals surface area contributed by atoms with E-state index in [9.17, 15) is 9.59 Å². The highest BCUT2D eigenvalue weighted by molar-refractivity contribution is 6.26. The van der Waals surface area contributed by atoms with Gasteiger partial charge in [-0.1, -0.05) is 42.5 Å². The molecule has 1 heterocycles. The van der Waals surface area contributed by atoms with Crippen molar-refractivity contribution in [2.45, 2.75) is 20.4 Å². The first-order chi connectivity index (χ1) is 14.5. The van der Waals surface area contributed by atoms with Crippen molar-refractivity contribution in [2.75, 3.05) is 10.6 Å². The van der Waals surface area contributed by atoms with Gasteiger partial charge < -0.3 is 16.0 Å². The van der Waals surface area contributed by atoms with E-state index in [1.54, 1.807) is 24.5 Å². The van der Waals surface area contributed by atoms with Gasteiger partial charge in [-0.2, -0.15) is 0 Å². The number of aromatic nitrogens is 1. The summed E-state index contributed by atoms with van der Waals surface area (Å²) in [6.07, 6.45) is 4.85. The molecule has 0 saturated carbocycles. The van der Waals surface area contributed by atoms with Crippen LogP contribution in [0.4, 0.5) is 11.4 Å². The van der Waals surface area contributed by atoms with E-state index in [-0.39, 0.29) is 5.57 Å². The van der Waals surface area contributed by atoms with E-state index < -0.39 is 11.8 Å². The summed E-state index contributed by atoms with van der Waals surface area (Å²) in [4.78, 5) is 29.9. The molecule has 0 aliphatic heterocycles. The highest BCUT2D eigenvalue weighted by Gasteiger charge is 2.20. The van der Waals surface area contributed by atoms with Gasteiger partial charge in [-0.05, 0) is 48.7 Å². The predicted molar refractivity (Wildman–Crippen MR) is 119 cm³/mol. The Hall–Kier alpha value is -3.93. The molecule has 0 aliphatic rings. The van der Waals surface area contributed by atoms with Gasteiger partial charge in [-0.25, -0.2) is 0 Å². The smallest absolute Gasteiger partial charge is 0.262 e. The van der Waals surface area contributed by atoms with E-state index >= 15 is 0 Å². The maximum atomic E-state index is 12.9. The van der Waals surface area contributed by atoms with Gasteiger partial charge in [0.15, 0.2) is 0 Å². The van der Waals surface area contributed by atoms with Crippen LogP contribution in [-0.2, 0) is 16.1 Å². The lowest BCUT2D eigenvalue weighted by Crippen LogP contribution is -2.27. The minimum absolute atomic E-state index is 0.0228. The number of carbonyl (C=O) groups is 2. The number of rotatable bonds is 7. The quantitative estimate of drug-likeness (QED) is 0.319. The zero-order valence-corrected chi connectivity index (χ0v) is 17.0. The van der Waals surface area contributed by atoms with E-state index in [2.05, 4.69) is 20.9 Å². The van der Waals surface area contributed by atoms with Gasteiger partial charge in [0.1, 0.15) is 5.57 Å². The Kier molecular flexibility index (Phi) is 6.95. The molecule has 0 bridgehead atoms. The van der Waals surface area contributed by atoms with E-state index in [4.69, 9.17) is 0 Å². The molecule has 6 heteroatoms. The number of pyridine rings is 1. The van der Waals surface area contributed by atoms with Crippen LogP contribution in [0.15, 0.2) is 84.8 Å². The minimum atomic E-state index is -0.492. The van der Waals surface area contributed by atoms with Crippen molar-refractivity contribution < 1.29 is 9.59 Å². The normalized spacial score (nSPS) is 10.1. The van der Waals surface area contributed by atoms with Gasteiger partial charge >= 0.3 is 0 Å². The number of para-hydroxylation sites is 2. The molecule has 0 spiro atoms. The summed E-state index contributed by atoms with van der Waals surface area (Å²) in [6.45, 7) is 4.23. The first-order valence-electron chi connectivity index (χ1n) is 9.61. The number of nitrogens with zero attached hydrogens (tertiary/aromatic N) is 1. The van der Waals surface area contributed by atoms with E-state index in [1.807, 2.05) is 62.4 Å². The van der Waals surface area contributed by atoms with Crippen LogP contribution in [0, 0.1) is 13.8 Å². The Labute approximate surface area is 176 Å². The zero-order chi connectivity index (χ0) is 21.3. The first kappa shape index (κ1) is 20.8. The van der Waals surface area contributed by atoms with Gasteiger partial charge in [-0.15, -0.1) is 0 Å². The molecule has 6 nitrogen and oxygen atoms in total. The summed E-state index contributed by atoms with van der Waals surface area (Å²) >= 11 is 0. The SMILES string of the molecule is Cc1ccccc1NC(=O)C(=CNCc1cccnc1)C(=O)Nc1ccccc1C. The van der Waals surface area contributed by atoms with Crippen molar-refractivity contribution in [1.82, 2.24) is 10.3 Å². The zero-order valence-electron chi connectivity index (χ0n) is 17.0. The van der Waals surface area contributed by atoms with Crippen LogP contribution in [0.2, 0.25) is 0 Å². The van der Waals surface area contributed by atoms with Crippen LogP contribution in [0.25, 0.3) is 0 Å². The average Bonchev–Trinajstić information content (AvgIpc) is 2.75. The summed E-state index contributed by atoms with van der Waals surface area (Å²) < 4.78 is 0. The molecular formula is C24H24N4O2. The lowest BCUT2D eigenvalue weighted by Gasteiger charge is -2.13. The third-order valence-electron chi connectivity index (χ3n) is 4.55.